The van der Waals surface area contributed by atoms with E-state index in [0.717, 1.165) is 5.56 Å². The van der Waals surface area contributed by atoms with Crippen LogP contribution in [0.4, 0.5) is 0 Å². The maximum atomic E-state index is 12.3. The summed E-state index contributed by atoms with van der Waals surface area (Å²) in [6, 6.07) is 9.10. The van der Waals surface area contributed by atoms with Gasteiger partial charge in [0.15, 0.2) is 0 Å². The molecule has 1 unspecified atom stereocenters. The number of aromatic nitrogens is 2. The van der Waals surface area contributed by atoms with E-state index >= 15 is 0 Å². The second kappa shape index (κ2) is 5.85. The Morgan fingerprint density at radius 3 is 2.58 bits per heavy atom. The van der Waals surface area contributed by atoms with Gasteiger partial charge in [-0.05, 0) is 12.5 Å². The van der Waals surface area contributed by atoms with Gasteiger partial charge >= 0.3 is 0 Å². The lowest BCUT2D eigenvalue weighted by atomic mass is 10.1. The highest BCUT2D eigenvalue weighted by molar-refractivity contribution is 9.09. The van der Waals surface area contributed by atoms with Crippen LogP contribution >= 0.6 is 15.9 Å². The lowest BCUT2D eigenvalue weighted by Gasteiger charge is -2.16. The number of halogens is 1. The van der Waals surface area contributed by atoms with Gasteiger partial charge < -0.3 is 0 Å². The Balaban J connectivity index is 2.27. The molecule has 1 heterocycles. The molecule has 1 aromatic heterocycles. The molecule has 0 fully saturated rings. The van der Waals surface area contributed by atoms with Gasteiger partial charge in [-0.1, -0.05) is 46.3 Å². The van der Waals surface area contributed by atoms with Gasteiger partial charge in [-0.25, -0.2) is 13.1 Å². The predicted molar refractivity (Wildman–Crippen MR) is 76.6 cm³/mol. The summed E-state index contributed by atoms with van der Waals surface area (Å²) in [4.78, 5) is 0.175. The number of hydrogen-bond donors (Lipinski definition) is 2. The van der Waals surface area contributed by atoms with Crippen LogP contribution in [-0.4, -0.2) is 23.9 Å². The molecule has 0 bridgehead atoms. The van der Waals surface area contributed by atoms with E-state index in [1.54, 1.807) is 6.92 Å². The highest BCUT2D eigenvalue weighted by Crippen LogP contribution is 2.19. The van der Waals surface area contributed by atoms with Crippen LogP contribution in [0.2, 0.25) is 0 Å². The minimum absolute atomic E-state index is 0.175. The Hall–Kier alpha value is -1.18. The van der Waals surface area contributed by atoms with E-state index in [2.05, 4.69) is 30.8 Å². The number of nitrogens with one attached hydrogen (secondary N) is 2. The lowest BCUT2D eigenvalue weighted by Crippen LogP contribution is -2.29. The number of hydrogen-bond acceptors (Lipinski definition) is 3. The van der Waals surface area contributed by atoms with Crippen molar-refractivity contribution in [2.45, 2.75) is 17.9 Å². The molecular weight excluding hydrogens is 330 g/mol. The fourth-order valence-corrected chi connectivity index (χ4v) is 3.85. The standard InChI is InChI=1S/C12H14BrN3O2S/c1-9-12(8-14-15-9)19(17,18)16-11(7-13)10-5-3-2-4-6-10/h2-6,8,11,16H,7H2,1H3,(H,14,15). The molecule has 7 heteroatoms. The number of H-pyrrole nitrogens is 1. The SMILES string of the molecule is Cc1[nH]ncc1S(=O)(=O)NC(CBr)c1ccccc1. The van der Waals surface area contributed by atoms with Crippen molar-refractivity contribution in [3.05, 3.63) is 47.8 Å². The zero-order chi connectivity index (χ0) is 13.9. The Bertz CT molecular complexity index is 640. The smallest absolute Gasteiger partial charge is 0.244 e. The molecule has 19 heavy (non-hydrogen) atoms. The highest BCUT2D eigenvalue weighted by Gasteiger charge is 2.23. The Kier molecular flexibility index (Phi) is 4.38. The van der Waals surface area contributed by atoms with E-state index in [0.29, 0.717) is 11.0 Å². The third kappa shape index (κ3) is 3.23. The molecular formula is C12H14BrN3O2S. The second-order valence-corrected chi connectivity index (χ2v) is 6.43. The van der Waals surface area contributed by atoms with Crippen molar-refractivity contribution in [3.63, 3.8) is 0 Å². The summed E-state index contributed by atoms with van der Waals surface area (Å²) >= 11 is 3.34. The molecule has 0 amide bonds. The van der Waals surface area contributed by atoms with E-state index in [-0.39, 0.29) is 10.9 Å². The Labute approximate surface area is 120 Å². The summed E-state index contributed by atoms with van der Waals surface area (Å²) in [7, 11) is -3.58. The average molecular weight is 344 g/mol. The van der Waals surface area contributed by atoms with Crippen molar-refractivity contribution in [2.24, 2.45) is 0 Å². The average Bonchev–Trinajstić information content (AvgIpc) is 2.84. The molecule has 0 spiro atoms. The molecule has 2 N–H and O–H groups in total. The molecule has 1 aromatic carbocycles. The number of nitrogens with zero attached hydrogens (tertiary/aromatic N) is 1. The second-order valence-electron chi connectivity index (χ2n) is 4.10. The first-order valence-corrected chi connectivity index (χ1v) is 8.28. The Morgan fingerprint density at radius 1 is 1.37 bits per heavy atom. The minimum atomic E-state index is -3.58. The van der Waals surface area contributed by atoms with Crippen molar-refractivity contribution >= 4 is 26.0 Å². The fourth-order valence-electron chi connectivity index (χ4n) is 1.74. The summed E-state index contributed by atoms with van der Waals surface area (Å²) in [5, 5.41) is 6.86. The third-order valence-corrected chi connectivity index (χ3v) is 4.96. The van der Waals surface area contributed by atoms with Gasteiger partial charge in [0, 0.05) is 5.33 Å². The first-order chi connectivity index (χ1) is 9.04. The van der Waals surface area contributed by atoms with Gasteiger partial charge in [-0.2, -0.15) is 5.10 Å². The van der Waals surface area contributed by atoms with Gasteiger partial charge in [0.1, 0.15) is 4.90 Å². The van der Waals surface area contributed by atoms with Crippen LogP contribution in [0, 0.1) is 6.92 Å². The molecule has 0 aliphatic rings. The number of aromatic amines is 1. The van der Waals surface area contributed by atoms with Crippen LogP contribution in [0.25, 0.3) is 0 Å². The number of benzene rings is 1. The van der Waals surface area contributed by atoms with Gasteiger partial charge in [0.25, 0.3) is 0 Å². The van der Waals surface area contributed by atoms with Crippen molar-refractivity contribution in [1.82, 2.24) is 14.9 Å². The molecule has 1 atom stereocenters. The van der Waals surface area contributed by atoms with Crippen molar-refractivity contribution in [3.8, 4) is 0 Å². The van der Waals surface area contributed by atoms with Crippen molar-refractivity contribution < 1.29 is 8.42 Å². The van der Waals surface area contributed by atoms with Crippen LogP contribution in [0.1, 0.15) is 17.3 Å². The highest BCUT2D eigenvalue weighted by atomic mass is 79.9. The van der Waals surface area contributed by atoms with Crippen molar-refractivity contribution in [1.29, 1.82) is 0 Å². The molecule has 102 valence electrons. The van der Waals surface area contributed by atoms with Crippen LogP contribution in [-0.2, 0) is 10.0 Å². The summed E-state index contributed by atoms with van der Waals surface area (Å²) in [5.41, 5.74) is 1.43. The number of alkyl halides is 1. The molecule has 2 rings (SSSR count). The normalized spacial score (nSPS) is 13.4. The summed E-state index contributed by atoms with van der Waals surface area (Å²) in [6.07, 6.45) is 1.31. The molecule has 5 nitrogen and oxygen atoms in total. The maximum absolute atomic E-state index is 12.3. The topological polar surface area (TPSA) is 74.8 Å². The molecule has 0 aliphatic carbocycles. The first kappa shape index (κ1) is 14.2. The van der Waals surface area contributed by atoms with Crippen LogP contribution < -0.4 is 4.72 Å². The lowest BCUT2D eigenvalue weighted by molar-refractivity contribution is 0.568. The van der Waals surface area contributed by atoms with Gasteiger partial charge in [0.05, 0.1) is 17.9 Å². The van der Waals surface area contributed by atoms with Gasteiger partial charge in [-0.3, -0.25) is 5.10 Å². The number of rotatable bonds is 5. The molecule has 0 radical (unpaired) electrons. The molecule has 0 aliphatic heterocycles. The molecule has 0 saturated carbocycles. The largest absolute Gasteiger partial charge is 0.281 e. The van der Waals surface area contributed by atoms with Crippen LogP contribution in [0.3, 0.4) is 0 Å². The third-order valence-electron chi connectivity index (χ3n) is 2.73. The summed E-state index contributed by atoms with van der Waals surface area (Å²) in [6.45, 7) is 1.67. The molecule has 0 saturated heterocycles. The van der Waals surface area contributed by atoms with E-state index in [9.17, 15) is 8.42 Å². The van der Waals surface area contributed by atoms with E-state index in [1.807, 2.05) is 30.3 Å². The van der Waals surface area contributed by atoms with E-state index in [1.165, 1.54) is 6.20 Å². The van der Waals surface area contributed by atoms with Crippen LogP contribution in [0.5, 0.6) is 0 Å². The zero-order valence-corrected chi connectivity index (χ0v) is 12.7. The number of sulfonamides is 1. The fraction of sp³-hybridized carbons (Fsp3) is 0.250. The zero-order valence-electron chi connectivity index (χ0n) is 10.3. The summed E-state index contributed by atoms with van der Waals surface area (Å²) < 4.78 is 27.2. The van der Waals surface area contributed by atoms with E-state index in [4.69, 9.17) is 0 Å². The van der Waals surface area contributed by atoms with Crippen molar-refractivity contribution in [2.75, 3.05) is 5.33 Å². The summed E-state index contributed by atoms with van der Waals surface area (Å²) in [5.74, 6) is 0. The predicted octanol–water partition coefficient (Wildman–Crippen LogP) is 2.13. The Morgan fingerprint density at radius 2 is 2.05 bits per heavy atom. The quantitative estimate of drug-likeness (QED) is 0.816. The number of aryl methyl sites for hydroxylation is 1. The first-order valence-electron chi connectivity index (χ1n) is 5.68. The van der Waals surface area contributed by atoms with E-state index < -0.39 is 10.0 Å². The van der Waals surface area contributed by atoms with Gasteiger partial charge in [-0.15, -0.1) is 0 Å². The van der Waals surface area contributed by atoms with Crippen LogP contribution in [0.15, 0.2) is 41.4 Å². The van der Waals surface area contributed by atoms with Gasteiger partial charge in [0.2, 0.25) is 10.0 Å². The maximum Gasteiger partial charge on any atom is 0.244 e. The minimum Gasteiger partial charge on any atom is -0.281 e. The molecule has 2 aromatic rings. The monoisotopic (exact) mass is 343 g/mol.